The van der Waals surface area contributed by atoms with Crippen LogP contribution in [0.15, 0.2) is 57.9 Å². The highest BCUT2D eigenvalue weighted by molar-refractivity contribution is 9.10. The van der Waals surface area contributed by atoms with Crippen LogP contribution in [-0.4, -0.2) is 11.5 Å². The van der Waals surface area contributed by atoms with Gasteiger partial charge >= 0.3 is 0 Å². The van der Waals surface area contributed by atoms with Crippen molar-refractivity contribution in [3.05, 3.63) is 64.1 Å². The molecule has 0 saturated heterocycles. The molecule has 0 heterocycles. The summed E-state index contributed by atoms with van der Waals surface area (Å²) in [6, 6.07) is 16.3. The molecule has 0 N–H and O–H groups in total. The van der Waals surface area contributed by atoms with Gasteiger partial charge in [0.15, 0.2) is 5.78 Å². The van der Waals surface area contributed by atoms with E-state index in [-0.39, 0.29) is 5.78 Å². The average Bonchev–Trinajstić information content (AvgIpc) is 2.45. The Kier molecular flexibility index (Phi) is 4.81. The lowest BCUT2D eigenvalue weighted by molar-refractivity contribution is 0.102. The minimum Gasteiger partial charge on any atom is -0.293 e. The van der Waals surface area contributed by atoms with Crippen LogP contribution in [0, 0.1) is 0 Å². The molecule has 0 spiro atoms. The second-order valence-electron chi connectivity index (χ2n) is 5.42. The molecule has 1 saturated carbocycles. The van der Waals surface area contributed by atoms with E-state index in [2.05, 4.69) is 28.1 Å². The Labute approximate surface area is 138 Å². The fourth-order valence-corrected chi connectivity index (χ4v) is 3.53. The van der Waals surface area contributed by atoms with Crippen molar-refractivity contribution in [2.75, 3.05) is 5.75 Å². The molecule has 0 aliphatic heterocycles. The van der Waals surface area contributed by atoms with Gasteiger partial charge in [-0.25, -0.2) is 0 Å². The molecule has 3 heteroatoms. The maximum atomic E-state index is 12.3. The lowest BCUT2D eigenvalue weighted by Crippen LogP contribution is -2.10. The predicted octanol–water partition coefficient (Wildman–Crippen LogP) is 5.69. The van der Waals surface area contributed by atoms with E-state index in [1.54, 1.807) is 11.8 Å². The fraction of sp³-hybridized carbons (Fsp3) is 0.278. The predicted molar refractivity (Wildman–Crippen MR) is 92.2 cm³/mol. The molecule has 2 aromatic carbocycles. The minimum atomic E-state index is 0.212. The van der Waals surface area contributed by atoms with Crippen molar-refractivity contribution < 1.29 is 4.79 Å². The first-order chi connectivity index (χ1) is 10.2. The molecule has 1 nitrogen and oxygen atoms in total. The number of Topliss-reactive ketones (excluding diaryl/α,β-unsaturated/α-hetero) is 1. The molecule has 0 unspecified atom stereocenters. The summed E-state index contributed by atoms with van der Waals surface area (Å²) in [5, 5.41) is 0. The van der Waals surface area contributed by atoms with Crippen LogP contribution in [0.5, 0.6) is 0 Å². The molecule has 0 bridgehead atoms. The summed E-state index contributed by atoms with van der Waals surface area (Å²) in [6.45, 7) is 0. The number of benzene rings is 2. The summed E-state index contributed by atoms with van der Waals surface area (Å²) in [4.78, 5) is 13.5. The van der Waals surface area contributed by atoms with Crippen molar-refractivity contribution in [1.82, 2.24) is 0 Å². The number of thioether (sulfide) groups is 1. The lowest BCUT2D eigenvalue weighted by Gasteiger charge is -2.26. The standard InChI is InChI=1S/C18H17BrOS/c19-16-7-9-17(10-8-16)21-12-18(20)15-6-2-5-14(11-15)13-3-1-4-13/h2,5-11,13H,1,3-4,12H2. The number of halogens is 1. The molecule has 1 aliphatic carbocycles. The van der Waals surface area contributed by atoms with Crippen molar-refractivity contribution in [3.63, 3.8) is 0 Å². The van der Waals surface area contributed by atoms with Gasteiger partial charge in [-0.1, -0.05) is 40.5 Å². The normalized spacial score (nSPS) is 14.7. The molecule has 108 valence electrons. The summed E-state index contributed by atoms with van der Waals surface area (Å²) >= 11 is 5.02. The molecule has 21 heavy (non-hydrogen) atoms. The highest BCUT2D eigenvalue weighted by Gasteiger charge is 2.20. The first-order valence-electron chi connectivity index (χ1n) is 7.24. The van der Waals surface area contributed by atoms with Gasteiger partial charge < -0.3 is 0 Å². The summed E-state index contributed by atoms with van der Waals surface area (Å²) in [5.74, 6) is 1.39. The van der Waals surface area contributed by atoms with Gasteiger partial charge in [0.25, 0.3) is 0 Å². The molecular formula is C18H17BrOS. The van der Waals surface area contributed by atoms with Crippen LogP contribution < -0.4 is 0 Å². The van der Waals surface area contributed by atoms with Gasteiger partial charge in [-0.05, 0) is 54.7 Å². The van der Waals surface area contributed by atoms with E-state index in [0.717, 1.165) is 14.9 Å². The smallest absolute Gasteiger partial charge is 0.173 e. The number of ketones is 1. The van der Waals surface area contributed by atoms with Crippen LogP contribution >= 0.6 is 27.7 Å². The van der Waals surface area contributed by atoms with E-state index in [4.69, 9.17) is 0 Å². The highest BCUT2D eigenvalue weighted by atomic mass is 79.9. The molecular weight excluding hydrogens is 344 g/mol. The summed E-state index contributed by atoms with van der Waals surface area (Å²) in [5.41, 5.74) is 2.18. The maximum Gasteiger partial charge on any atom is 0.173 e. The Morgan fingerprint density at radius 1 is 1.14 bits per heavy atom. The van der Waals surface area contributed by atoms with Crippen molar-refractivity contribution in [3.8, 4) is 0 Å². The third-order valence-corrected chi connectivity index (χ3v) is 5.51. The number of hydrogen-bond acceptors (Lipinski definition) is 2. The molecule has 0 radical (unpaired) electrons. The van der Waals surface area contributed by atoms with Gasteiger partial charge in [-0.2, -0.15) is 0 Å². The SMILES string of the molecule is O=C(CSc1ccc(Br)cc1)c1cccc(C2CCC2)c1. The van der Waals surface area contributed by atoms with E-state index in [1.807, 2.05) is 36.4 Å². The van der Waals surface area contributed by atoms with E-state index in [0.29, 0.717) is 11.7 Å². The topological polar surface area (TPSA) is 17.1 Å². The number of carbonyl (C=O) groups is 1. The third-order valence-electron chi connectivity index (χ3n) is 3.97. The lowest BCUT2D eigenvalue weighted by atomic mass is 9.79. The van der Waals surface area contributed by atoms with E-state index < -0.39 is 0 Å². The fourth-order valence-electron chi connectivity index (χ4n) is 2.47. The zero-order valence-electron chi connectivity index (χ0n) is 11.7. The first kappa shape index (κ1) is 14.9. The second-order valence-corrected chi connectivity index (χ2v) is 7.38. The van der Waals surface area contributed by atoms with Crippen molar-refractivity contribution >= 4 is 33.5 Å². The molecule has 2 aromatic rings. The number of hydrogen-bond donors (Lipinski definition) is 0. The summed E-state index contributed by atoms with van der Waals surface area (Å²) in [6.07, 6.45) is 3.86. The van der Waals surface area contributed by atoms with Crippen LogP contribution in [-0.2, 0) is 0 Å². The molecule has 1 fully saturated rings. The zero-order chi connectivity index (χ0) is 14.7. The van der Waals surface area contributed by atoms with E-state index in [1.165, 1.54) is 24.8 Å². The van der Waals surface area contributed by atoms with Crippen LogP contribution in [0.25, 0.3) is 0 Å². The van der Waals surface area contributed by atoms with Crippen LogP contribution in [0.4, 0.5) is 0 Å². The van der Waals surface area contributed by atoms with Crippen LogP contribution in [0.1, 0.15) is 41.1 Å². The third kappa shape index (κ3) is 3.78. The van der Waals surface area contributed by atoms with E-state index in [9.17, 15) is 4.79 Å². The quantitative estimate of drug-likeness (QED) is 0.503. The molecule has 0 amide bonds. The summed E-state index contributed by atoms with van der Waals surface area (Å²) in [7, 11) is 0. The first-order valence-corrected chi connectivity index (χ1v) is 9.02. The molecule has 0 atom stereocenters. The molecule has 0 aromatic heterocycles. The van der Waals surface area contributed by atoms with Gasteiger partial charge in [0.05, 0.1) is 5.75 Å². The zero-order valence-corrected chi connectivity index (χ0v) is 14.1. The Morgan fingerprint density at radius 3 is 2.57 bits per heavy atom. The number of carbonyl (C=O) groups excluding carboxylic acids is 1. The minimum absolute atomic E-state index is 0.212. The van der Waals surface area contributed by atoms with Crippen molar-refractivity contribution in [1.29, 1.82) is 0 Å². The largest absolute Gasteiger partial charge is 0.293 e. The van der Waals surface area contributed by atoms with E-state index >= 15 is 0 Å². The number of rotatable bonds is 5. The van der Waals surface area contributed by atoms with Gasteiger partial charge in [-0.3, -0.25) is 4.79 Å². The van der Waals surface area contributed by atoms with Crippen LogP contribution in [0.3, 0.4) is 0 Å². The molecule has 3 rings (SSSR count). The Balaban J connectivity index is 1.63. The maximum absolute atomic E-state index is 12.3. The summed E-state index contributed by atoms with van der Waals surface area (Å²) < 4.78 is 1.06. The second kappa shape index (κ2) is 6.80. The Bertz CT molecular complexity index is 632. The van der Waals surface area contributed by atoms with Gasteiger partial charge in [-0.15, -0.1) is 11.8 Å². The van der Waals surface area contributed by atoms with Gasteiger partial charge in [0.2, 0.25) is 0 Å². The Hall–Kier alpha value is -1.06. The van der Waals surface area contributed by atoms with Crippen molar-refractivity contribution in [2.45, 2.75) is 30.1 Å². The van der Waals surface area contributed by atoms with Gasteiger partial charge in [0.1, 0.15) is 0 Å². The monoisotopic (exact) mass is 360 g/mol. The average molecular weight is 361 g/mol. The Morgan fingerprint density at radius 2 is 1.90 bits per heavy atom. The van der Waals surface area contributed by atoms with Crippen molar-refractivity contribution in [2.24, 2.45) is 0 Å². The van der Waals surface area contributed by atoms with Gasteiger partial charge in [0, 0.05) is 14.9 Å². The highest BCUT2D eigenvalue weighted by Crippen LogP contribution is 2.36. The molecule has 1 aliphatic rings. The van der Waals surface area contributed by atoms with Crippen LogP contribution in [0.2, 0.25) is 0 Å².